The van der Waals surface area contributed by atoms with E-state index in [1.165, 1.54) is 17.5 Å². The molecule has 4 rings (SSSR count). The minimum absolute atomic E-state index is 0.956. The Kier molecular flexibility index (Phi) is 5.98. The highest BCUT2D eigenvalue weighted by Gasteiger charge is 2.05. The Morgan fingerprint density at radius 3 is 2.52 bits per heavy atom. The van der Waals surface area contributed by atoms with Crippen LogP contribution in [0.2, 0.25) is 0 Å². The Morgan fingerprint density at radius 1 is 0.952 bits per heavy atom. The van der Waals surface area contributed by atoms with E-state index >= 15 is 0 Å². The van der Waals surface area contributed by atoms with Crippen LogP contribution in [-0.4, -0.2) is 16.5 Å². The zero-order valence-corrected chi connectivity index (χ0v) is 12.8. The molecular formula is C18H23N3. The smallest absolute Gasteiger partial charge is 0.137 e. The molecule has 0 saturated carbocycles. The second-order valence-electron chi connectivity index (χ2n) is 4.61. The molecule has 0 amide bonds. The van der Waals surface area contributed by atoms with Crippen molar-refractivity contribution in [2.75, 3.05) is 6.54 Å². The van der Waals surface area contributed by atoms with Crippen molar-refractivity contribution in [1.82, 2.24) is 15.3 Å². The Bertz CT molecular complexity index is 603. The number of fused-ring (bicyclic) bond motifs is 2. The quantitative estimate of drug-likeness (QED) is 0.655. The average molecular weight is 281 g/mol. The van der Waals surface area contributed by atoms with Crippen molar-refractivity contribution in [3.8, 4) is 0 Å². The summed E-state index contributed by atoms with van der Waals surface area (Å²) in [6.45, 7) is 6.19. The molecule has 1 aromatic carbocycles. The third-order valence-electron chi connectivity index (χ3n) is 3.33. The lowest BCUT2D eigenvalue weighted by atomic mass is 10.0. The molecule has 3 aromatic rings. The molecule has 21 heavy (non-hydrogen) atoms. The van der Waals surface area contributed by atoms with Crippen molar-refractivity contribution in [2.45, 2.75) is 26.8 Å². The van der Waals surface area contributed by atoms with Gasteiger partial charge in [-0.3, -0.25) is 0 Å². The van der Waals surface area contributed by atoms with Gasteiger partial charge in [0.05, 0.1) is 0 Å². The maximum Gasteiger partial charge on any atom is 0.137 e. The van der Waals surface area contributed by atoms with E-state index in [1.54, 1.807) is 6.20 Å². The molecule has 0 fully saturated rings. The van der Waals surface area contributed by atoms with Crippen molar-refractivity contribution < 1.29 is 0 Å². The fourth-order valence-electron chi connectivity index (χ4n) is 2.30. The number of H-pyrrole nitrogens is 1. The summed E-state index contributed by atoms with van der Waals surface area (Å²) in [5.41, 5.74) is 3.94. The Hall–Kier alpha value is -2.13. The van der Waals surface area contributed by atoms with Crippen LogP contribution in [0.1, 0.15) is 25.0 Å². The van der Waals surface area contributed by atoms with Gasteiger partial charge in [0.1, 0.15) is 5.65 Å². The molecule has 3 heteroatoms. The van der Waals surface area contributed by atoms with Gasteiger partial charge in [0.25, 0.3) is 0 Å². The van der Waals surface area contributed by atoms with Gasteiger partial charge in [-0.05, 0) is 42.3 Å². The van der Waals surface area contributed by atoms with Gasteiger partial charge in [0.15, 0.2) is 0 Å². The number of aromatic amines is 1. The summed E-state index contributed by atoms with van der Waals surface area (Å²) in [5.74, 6) is 0. The highest BCUT2D eigenvalue weighted by atomic mass is 14.9. The third-order valence-corrected chi connectivity index (χ3v) is 3.33. The van der Waals surface area contributed by atoms with E-state index in [0.717, 1.165) is 24.1 Å². The first-order chi connectivity index (χ1) is 10.4. The van der Waals surface area contributed by atoms with Crippen molar-refractivity contribution in [2.24, 2.45) is 0 Å². The van der Waals surface area contributed by atoms with Crippen molar-refractivity contribution >= 4 is 11.0 Å². The maximum absolute atomic E-state index is 4.09. The zero-order valence-electron chi connectivity index (χ0n) is 12.8. The molecule has 3 nitrogen and oxygen atoms in total. The van der Waals surface area contributed by atoms with Crippen LogP contribution in [0.5, 0.6) is 0 Å². The number of pyridine rings is 1. The standard InChI is InChI=1S/C9H11N.C7H6N2.C2H6/c1-2-4-9-7-10-6-5-8(9)3-1;1-2-6-3-5-9-7(6)8-4-1;1-2/h1-4,10H,5-7H2;1-5H,(H,8,9);1-2H3. The Labute approximate surface area is 126 Å². The molecule has 0 aliphatic carbocycles. The van der Waals surface area contributed by atoms with Crippen LogP contribution in [0.25, 0.3) is 11.0 Å². The fraction of sp³-hybridized carbons (Fsp3) is 0.278. The molecule has 110 valence electrons. The van der Waals surface area contributed by atoms with Crippen LogP contribution >= 0.6 is 0 Å². The lowest BCUT2D eigenvalue weighted by Crippen LogP contribution is -2.23. The first-order valence-corrected chi connectivity index (χ1v) is 7.59. The fourth-order valence-corrected chi connectivity index (χ4v) is 2.30. The van der Waals surface area contributed by atoms with Crippen molar-refractivity contribution in [3.05, 3.63) is 66.0 Å². The topological polar surface area (TPSA) is 40.7 Å². The normalized spacial score (nSPS) is 12.5. The van der Waals surface area contributed by atoms with Crippen LogP contribution in [0.3, 0.4) is 0 Å². The highest BCUT2D eigenvalue weighted by Crippen LogP contribution is 2.11. The molecule has 2 aromatic heterocycles. The van der Waals surface area contributed by atoms with Crippen LogP contribution in [0.15, 0.2) is 54.9 Å². The molecule has 0 spiro atoms. The third kappa shape index (κ3) is 4.17. The summed E-state index contributed by atoms with van der Waals surface area (Å²) >= 11 is 0. The van der Waals surface area contributed by atoms with E-state index in [2.05, 4.69) is 39.6 Å². The average Bonchev–Trinajstić information content (AvgIpc) is 3.06. The largest absolute Gasteiger partial charge is 0.346 e. The first-order valence-electron chi connectivity index (χ1n) is 7.59. The predicted molar refractivity (Wildman–Crippen MR) is 89.3 cm³/mol. The monoisotopic (exact) mass is 281 g/mol. The van der Waals surface area contributed by atoms with E-state index in [1.807, 2.05) is 38.2 Å². The number of nitrogens with one attached hydrogen (secondary N) is 2. The number of aromatic nitrogens is 2. The number of nitrogens with zero attached hydrogens (tertiary/aromatic N) is 1. The molecule has 2 N–H and O–H groups in total. The SMILES string of the molecule is CC.c1ccc2c(c1)CCNC2.c1cnc2[nH]ccc2c1. The van der Waals surface area contributed by atoms with E-state index in [-0.39, 0.29) is 0 Å². The molecule has 0 unspecified atom stereocenters. The molecule has 1 aliphatic heterocycles. The highest BCUT2D eigenvalue weighted by molar-refractivity contribution is 5.74. The molecule has 3 heterocycles. The van der Waals surface area contributed by atoms with Gasteiger partial charge in [-0.1, -0.05) is 38.1 Å². The molecule has 0 bridgehead atoms. The van der Waals surface area contributed by atoms with Gasteiger partial charge in [-0.15, -0.1) is 0 Å². The molecule has 0 atom stereocenters. The van der Waals surface area contributed by atoms with E-state index in [9.17, 15) is 0 Å². The number of rotatable bonds is 0. The lowest BCUT2D eigenvalue weighted by molar-refractivity contribution is 0.644. The molecule has 1 aliphatic rings. The molecular weight excluding hydrogens is 258 g/mol. The predicted octanol–water partition coefficient (Wildman–Crippen LogP) is 3.92. The van der Waals surface area contributed by atoms with Crippen LogP contribution in [0.4, 0.5) is 0 Å². The van der Waals surface area contributed by atoms with E-state index < -0.39 is 0 Å². The van der Waals surface area contributed by atoms with Crippen LogP contribution in [0, 0.1) is 0 Å². The van der Waals surface area contributed by atoms with Gasteiger partial charge >= 0.3 is 0 Å². The maximum atomic E-state index is 4.09. The summed E-state index contributed by atoms with van der Waals surface area (Å²) in [7, 11) is 0. The minimum Gasteiger partial charge on any atom is -0.346 e. The Balaban J connectivity index is 0.000000138. The zero-order chi connectivity index (χ0) is 14.9. The summed E-state index contributed by atoms with van der Waals surface area (Å²) in [6.07, 6.45) is 4.85. The molecule has 0 radical (unpaired) electrons. The number of benzene rings is 1. The summed E-state index contributed by atoms with van der Waals surface area (Å²) in [4.78, 5) is 7.09. The minimum atomic E-state index is 0.956. The van der Waals surface area contributed by atoms with Crippen molar-refractivity contribution in [3.63, 3.8) is 0 Å². The van der Waals surface area contributed by atoms with Gasteiger partial charge in [0, 0.05) is 24.3 Å². The Morgan fingerprint density at radius 2 is 1.76 bits per heavy atom. The van der Waals surface area contributed by atoms with Gasteiger partial charge < -0.3 is 10.3 Å². The first kappa shape index (κ1) is 15.3. The second kappa shape index (κ2) is 8.22. The number of hydrogen-bond donors (Lipinski definition) is 2. The van der Waals surface area contributed by atoms with E-state index in [4.69, 9.17) is 0 Å². The van der Waals surface area contributed by atoms with Crippen molar-refractivity contribution in [1.29, 1.82) is 0 Å². The van der Waals surface area contributed by atoms with Gasteiger partial charge in [0.2, 0.25) is 0 Å². The van der Waals surface area contributed by atoms with E-state index in [0.29, 0.717) is 0 Å². The van der Waals surface area contributed by atoms with Crippen LogP contribution in [-0.2, 0) is 13.0 Å². The molecule has 0 saturated heterocycles. The van der Waals surface area contributed by atoms with Gasteiger partial charge in [-0.25, -0.2) is 4.98 Å². The second-order valence-corrected chi connectivity index (χ2v) is 4.61. The summed E-state index contributed by atoms with van der Waals surface area (Å²) in [6, 6.07) is 14.6. The summed E-state index contributed by atoms with van der Waals surface area (Å²) in [5, 5.41) is 4.51. The summed E-state index contributed by atoms with van der Waals surface area (Å²) < 4.78 is 0. The number of hydrogen-bond acceptors (Lipinski definition) is 2. The lowest BCUT2D eigenvalue weighted by Gasteiger charge is -2.15. The van der Waals surface area contributed by atoms with Gasteiger partial charge in [-0.2, -0.15) is 0 Å². The van der Waals surface area contributed by atoms with Crippen LogP contribution < -0.4 is 5.32 Å².